The summed E-state index contributed by atoms with van der Waals surface area (Å²) in [7, 11) is 0. The molecule has 1 N–H and O–H groups in total. The van der Waals surface area contributed by atoms with Crippen LogP contribution in [0.25, 0.3) is 5.65 Å². The van der Waals surface area contributed by atoms with E-state index in [1.807, 2.05) is 4.52 Å². The van der Waals surface area contributed by atoms with Gasteiger partial charge in [-0.15, -0.1) is 0 Å². The number of piperidine rings is 1. The molecule has 3 rings (SSSR count). The Morgan fingerprint density at radius 1 is 1.30 bits per heavy atom. The number of likely N-dealkylation sites (tertiary alicyclic amines) is 1. The molecule has 150 valence electrons. The number of carbonyl (C=O) groups is 1. The number of aliphatic carboxylic acids is 1. The van der Waals surface area contributed by atoms with Crippen LogP contribution in [-0.2, 0) is 4.79 Å². The number of nitrogens with zero attached hydrogens (tertiary/aromatic N) is 4. The summed E-state index contributed by atoms with van der Waals surface area (Å²) in [5, 5.41) is 11.8. The number of alkyl halides is 3. The van der Waals surface area contributed by atoms with Crippen LogP contribution >= 0.6 is 0 Å². The third-order valence-corrected chi connectivity index (χ3v) is 4.31. The van der Waals surface area contributed by atoms with Gasteiger partial charge in [-0.2, -0.15) is 18.3 Å². The molecule has 2 aromatic heterocycles. The Balaban J connectivity index is 0.000000321. The highest BCUT2D eigenvalue weighted by atomic mass is 19.4. The van der Waals surface area contributed by atoms with Gasteiger partial charge in [-0.05, 0) is 50.4 Å². The van der Waals surface area contributed by atoms with E-state index in [1.54, 1.807) is 0 Å². The minimum atomic E-state index is -5.08. The third kappa shape index (κ3) is 6.20. The van der Waals surface area contributed by atoms with Crippen LogP contribution in [0.2, 0.25) is 0 Å². The van der Waals surface area contributed by atoms with Crippen LogP contribution in [-0.4, -0.2) is 56.4 Å². The molecule has 0 unspecified atom stereocenters. The van der Waals surface area contributed by atoms with Crippen molar-refractivity contribution in [2.45, 2.75) is 45.7 Å². The van der Waals surface area contributed by atoms with Crippen molar-refractivity contribution in [3.8, 4) is 0 Å². The lowest BCUT2D eigenvalue weighted by Gasteiger charge is -2.31. The number of aromatic nitrogens is 3. The topological polar surface area (TPSA) is 70.7 Å². The molecule has 9 heteroatoms. The van der Waals surface area contributed by atoms with E-state index in [2.05, 4.69) is 49.1 Å². The van der Waals surface area contributed by atoms with Gasteiger partial charge in [0.1, 0.15) is 0 Å². The summed E-state index contributed by atoms with van der Waals surface area (Å²) in [6, 6.07) is 4.15. The second-order valence-corrected chi connectivity index (χ2v) is 7.25. The minimum absolute atomic E-state index is 0.526. The molecule has 3 heterocycles. The molecule has 0 spiro atoms. The van der Waals surface area contributed by atoms with Crippen molar-refractivity contribution in [3.63, 3.8) is 0 Å². The zero-order valence-corrected chi connectivity index (χ0v) is 15.7. The molecular formula is C18H25F3N4O2. The number of fused-ring (bicyclic) bond motifs is 1. The highest BCUT2D eigenvalue weighted by Crippen LogP contribution is 2.26. The van der Waals surface area contributed by atoms with Crippen molar-refractivity contribution in [2.24, 2.45) is 5.92 Å². The number of hydrogen-bond acceptors (Lipinski definition) is 4. The first-order chi connectivity index (χ1) is 12.6. The largest absolute Gasteiger partial charge is 0.490 e. The van der Waals surface area contributed by atoms with Crippen LogP contribution in [0.5, 0.6) is 0 Å². The van der Waals surface area contributed by atoms with E-state index >= 15 is 0 Å². The summed E-state index contributed by atoms with van der Waals surface area (Å²) in [4.78, 5) is 16.2. The van der Waals surface area contributed by atoms with E-state index in [0.717, 1.165) is 17.4 Å². The Morgan fingerprint density at radius 3 is 2.41 bits per heavy atom. The van der Waals surface area contributed by atoms with Gasteiger partial charge in [0.25, 0.3) is 0 Å². The Morgan fingerprint density at radius 2 is 1.89 bits per heavy atom. The predicted molar refractivity (Wildman–Crippen MR) is 94.7 cm³/mol. The van der Waals surface area contributed by atoms with Crippen LogP contribution < -0.4 is 0 Å². The maximum atomic E-state index is 10.6. The van der Waals surface area contributed by atoms with Crippen molar-refractivity contribution in [2.75, 3.05) is 19.6 Å². The summed E-state index contributed by atoms with van der Waals surface area (Å²) < 4.78 is 33.7. The highest BCUT2D eigenvalue weighted by Gasteiger charge is 2.38. The van der Waals surface area contributed by atoms with Gasteiger partial charge >= 0.3 is 12.1 Å². The Kier molecular flexibility index (Phi) is 6.80. The standard InChI is InChI=1S/C16H24N4.C2HF3O2/c1-12(2)10-19-8-6-14(7-9-19)16-17-15-5-4-13(3)11-20(15)18-16;3-2(4,5)1(6)7/h4-5,11-12,14H,6-10H2,1-3H3;(H,6,7). The molecule has 0 saturated carbocycles. The van der Waals surface area contributed by atoms with Gasteiger partial charge in [-0.25, -0.2) is 14.3 Å². The van der Waals surface area contributed by atoms with E-state index in [4.69, 9.17) is 14.9 Å². The molecular weight excluding hydrogens is 361 g/mol. The average Bonchev–Trinajstić information content (AvgIpc) is 2.97. The molecule has 6 nitrogen and oxygen atoms in total. The number of hydrogen-bond donors (Lipinski definition) is 1. The maximum absolute atomic E-state index is 10.6. The van der Waals surface area contributed by atoms with E-state index < -0.39 is 12.1 Å². The number of carboxylic acid groups (broad SMARTS) is 1. The number of halogens is 3. The lowest BCUT2D eigenvalue weighted by molar-refractivity contribution is -0.192. The fraction of sp³-hybridized carbons (Fsp3) is 0.611. The molecule has 27 heavy (non-hydrogen) atoms. The molecule has 0 bridgehead atoms. The zero-order chi connectivity index (χ0) is 20.2. The molecule has 0 radical (unpaired) electrons. The maximum Gasteiger partial charge on any atom is 0.490 e. The monoisotopic (exact) mass is 386 g/mol. The van der Waals surface area contributed by atoms with Gasteiger partial charge < -0.3 is 10.0 Å². The van der Waals surface area contributed by atoms with Crippen molar-refractivity contribution >= 4 is 11.6 Å². The van der Waals surface area contributed by atoms with Crippen LogP contribution in [0.15, 0.2) is 18.3 Å². The molecule has 1 aliphatic rings. The SMILES string of the molecule is Cc1ccc2nc(C3CCN(CC(C)C)CC3)nn2c1.O=C(O)C(F)(F)F. The molecule has 1 aliphatic heterocycles. The van der Waals surface area contributed by atoms with E-state index in [1.165, 1.54) is 38.0 Å². The second kappa shape index (κ2) is 8.69. The highest BCUT2D eigenvalue weighted by molar-refractivity contribution is 5.73. The molecule has 1 saturated heterocycles. The lowest BCUT2D eigenvalue weighted by atomic mass is 9.95. The third-order valence-electron chi connectivity index (χ3n) is 4.31. The van der Waals surface area contributed by atoms with Crippen molar-refractivity contribution in [1.82, 2.24) is 19.5 Å². The number of rotatable bonds is 3. The van der Waals surface area contributed by atoms with Crippen LogP contribution in [0.1, 0.15) is 44.0 Å². The fourth-order valence-electron chi connectivity index (χ4n) is 3.07. The van der Waals surface area contributed by atoms with Gasteiger partial charge in [0, 0.05) is 18.7 Å². The first-order valence-corrected chi connectivity index (χ1v) is 8.91. The molecule has 0 amide bonds. The second-order valence-electron chi connectivity index (χ2n) is 7.25. The van der Waals surface area contributed by atoms with E-state index in [9.17, 15) is 13.2 Å². The van der Waals surface area contributed by atoms with Gasteiger partial charge in [0.2, 0.25) is 0 Å². The molecule has 0 atom stereocenters. The summed E-state index contributed by atoms with van der Waals surface area (Å²) in [6.07, 6.45) is -0.662. The smallest absolute Gasteiger partial charge is 0.475 e. The van der Waals surface area contributed by atoms with Crippen LogP contribution in [0, 0.1) is 12.8 Å². The number of carboxylic acids is 1. The molecule has 1 fully saturated rings. The predicted octanol–water partition coefficient (Wildman–Crippen LogP) is 3.51. The zero-order valence-electron chi connectivity index (χ0n) is 15.7. The Labute approximate surface area is 156 Å². The summed E-state index contributed by atoms with van der Waals surface area (Å²) >= 11 is 0. The quantitative estimate of drug-likeness (QED) is 0.874. The lowest BCUT2D eigenvalue weighted by Crippen LogP contribution is -2.35. The van der Waals surface area contributed by atoms with Gasteiger partial charge in [-0.3, -0.25) is 0 Å². The first-order valence-electron chi connectivity index (χ1n) is 8.91. The molecule has 0 aromatic carbocycles. The van der Waals surface area contributed by atoms with Crippen molar-refractivity contribution in [1.29, 1.82) is 0 Å². The summed E-state index contributed by atoms with van der Waals surface area (Å²) in [5.74, 6) is -0.450. The molecule has 2 aromatic rings. The fourth-order valence-corrected chi connectivity index (χ4v) is 3.07. The number of aryl methyl sites for hydroxylation is 1. The van der Waals surface area contributed by atoms with E-state index in [0.29, 0.717) is 5.92 Å². The van der Waals surface area contributed by atoms with Crippen LogP contribution in [0.3, 0.4) is 0 Å². The van der Waals surface area contributed by atoms with Gasteiger partial charge in [0.15, 0.2) is 11.5 Å². The average molecular weight is 386 g/mol. The number of pyridine rings is 1. The normalized spacial score (nSPS) is 16.4. The van der Waals surface area contributed by atoms with Crippen molar-refractivity contribution in [3.05, 3.63) is 29.7 Å². The van der Waals surface area contributed by atoms with Crippen molar-refractivity contribution < 1.29 is 23.1 Å². The molecule has 0 aliphatic carbocycles. The summed E-state index contributed by atoms with van der Waals surface area (Å²) in [6.45, 7) is 10.2. The Bertz CT molecular complexity index is 766. The van der Waals surface area contributed by atoms with Crippen LogP contribution in [0.4, 0.5) is 13.2 Å². The van der Waals surface area contributed by atoms with E-state index in [-0.39, 0.29) is 0 Å². The Hall–Kier alpha value is -2.16. The van der Waals surface area contributed by atoms with Gasteiger partial charge in [-0.1, -0.05) is 19.9 Å². The first kappa shape index (κ1) is 21.1. The minimum Gasteiger partial charge on any atom is -0.475 e. The van der Waals surface area contributed by atoms with Gasteiger partial charge in [0.05, 0.1) is 0 Å². The summed E-state index contributed by atoms with van der Waals surface area (Å²) in [5.41, 5.74) is 2.19.